The molecule has 0 fully saturated rings. The first-order chi connectivity index (χ1) is 5.52. The molecule has 0 saturated heterocycles. The molecule has 0 heterocycles. The van der Waals surface area contributed by atoms with Gasteiger partial charge in [0.25, 0.3) is 0 Å². The minimum atomic E-state index is -1.44. The van der Waals surface area contributed by atoms with E-state index >= 15 is 0 Å². The van der Waals surface area contributed by atoms with E-state index in [1.807, 2.05) is 0 Å². The van der Waals surface area contributed by atoms with E-state index in [1.54, 1.807) is 13.0 Å². The molecule has 0 unspecified atom stereocenters. The normalized spacial score (nSPS) is 17.2. The summed E-state index contributed by atoms with van der Waals surface area (Å²) in [6.07, 6.45) is -0.631. The summed E-state index contributed by atoms with van der Waals surface area (Å²) in [6, 6.07) is 1.76. The van der Waals surface area contributed by atoms with E-state index in [2.05, 4.69) is 4.74 Å². The molecule has 0 aromatic heterocycles. The Morgan fingerprint density at radius 3 is 2.58 bits per heavy atom. The van der Waals surface area contributed by atoms with Gasteiger partial charge in [0, 0.05) is 0 Å². The maximum atomic E-state index is 11.1. The molecule has 1 N–H and O–H groups in total. The summed E-state index contributed by atoms with van der Waals surface area (Å²) in [5, 5.41) is 18.0. The molecule has 4 heteroatoms. The van der Waals surface area contributed by atoms with Gasteiger partial charge in [-0.05, 0) is 13.3 Å². The van der Waals surface area contributed by atoms with Crippen molar-refractivity contribution in [3.63, 3.8) is 0 Å². The number of hydrogen-bond donors (Lipinski definition) is 1. The van der Waals surface area contributed by atoms with Crippen molar-refractivity contribution >= 4 is 5.97 Å². The Bertz CT molecular complexity index is 209. The van der Waals surface area contributed by atoms with Crippen LogP contribution in [0.2, 0.25) is 0 Å². The molecule has 0 aliphatic carbocycles. The van der Waals surface area contributed by atoms with E-state index in [-0.39, 0.29) is 0 Å². The fraction of sp³-hybridized carbons (Fsp3) is 0.750. The van der Waals surface area contributed by atoms with Crippen molar-refractivity contribution in [3.8, 4) is 6.07 Å². The number of methoxy groups -OCH3 is 1. The van der Waals surface area contributed by atoms with Crippen molar-refractivity contribution in [3.05, 3.63) is 0 Å². The Labute approximate surface area is 71.8 Å². The summed E-state index contributed by atoms with van der Waals surface area (Å²) in [4.78, 5) is 11.1. The van der Waals surface area contributed by atoms with Crippen LogP contribution in [-0.4, -0.2) is 24.3 Å². The van der Waals surface area contributed by atoms with Crippen LogP contribution in [0.1, 0.15) is 20.3 Å². The average molecular weight is 171 g/mol. The largest absolute Gasteiger partial charge is 0.468 e. The predicted octanol–water partition coefficient (Wildman–Crippen LogP) is 0.460. The van der Waals surface area contributed by atoms with Crippen molar-refractivity contribution in [2.24, 2.45) is 5.41 Å². The van der Waals surface area contributed by atoms with Gasteiger partial charge in [0.1, 0.15) is 0 Å². The van der Waals surface area contributed by atoms with Crippen LogP contribution in [0.3, 0.4) is 0 Å². The van der Waals surface area contributed by atoms with E-state index in [0.717, 1.165) is 0 Å². The van der Waals surface area contributed by atoms with Gasteiger partial charge in [-0.1, -0.05) is 6.92 Å². The number of carbonyl (C=O) groups is 1. The van der Waals surface area contributed by atoms with E-state index in [0.29, 0.717) is 6.42 Å². The van der Waals surface area contributed by atoms with Crippen LogP contribution in [-0.2, 0) is 9.53 Å². The third-order valence-corrected chi connectivity index (χ3v) is 1.89. The minimum Gasteiger partial charge on any atom is -0.468 e. The monoisotopic (exact) mass is 171 g/mol. The van der Waals surface area contributed by atoms with Gasteiger partial charge in [0.05, 0.1) is 19.3 Å². The third-order valence-electron chi connectivity index (χ3n) is 1.89. The number of carbonyl (C=O) groups excluding carboxylic acids is 1. The second-order valence-electron chi connectivity index (χ2n) is 2.73. The highest BCUT2D eigenvalue weighted by atomic mass is 16.5. The Balaban J connectivity index is 4.70. The first-order valence-electron chi connectivity index (χ1n) is 3.70. The number of nitrogens with zero attached hydrogens (tertiary/aromatic N) is 1. The third kappa shape index (κ3) is 1.74. The van der Waals surface area contributed by atoms with Crippen LogP contribution < -0.4 is 0 Å². The van der Waals surface area contributed by atoms with E-state index in [1.165, 1.54) is 14.0 Å². The molecule has 0 saturated carbocycles. The average Bonchev–Trinajstić information content (AvgIpc) is 2.13. The van der Waals surface area contributed by atoms with Gasteiger partial charge < -0.3 is 9.84 Å². The molecule has 12 heavy (non-hydrogen) atoms. The Morgan fingerprint density at radius 2 is 2.33 bits per heavy atom. The molecule has 0 bridgehead atoms. The summed E-state index contributed by atoms with van der Waals surface area (Å²) >= 11 is 0. The molecule has 0 rings (SSSR count). The summed E-state index contributed by atoms with van der Waals surface area (Å²) in [7, 11) is 1.19. The highest BCUT2D eigenvalue weighted by molar-refractivity contribution is 5.80. The molecule has 68 valence electrons. The van der Waals surface area contributed by atoms with Crippen molar-refractivity contribution in [1.29, 1.82) is 5.26 Å². The second-order valence-corrected chi connectivity index (χ2v) is 2.73. The summed E-state index contributed by atoms with van der Waals surface area (Å²) < 4.78 is 4.41. The molecular formula is C8H13NO3. The summed E-state index contributed by atoms with van der Waals surface area (Å²) in [5.74, 6) is -0.695. The zero-order valence-corrected chi connectivity index (χ0v) is 7.50. The first kappa shape index (κ1) is 10.9. The smallest absolute Gasteiger partial charge is 0.328 e. The lowest BCUT2D eigenvalue weighted by Gasteiger charge is -2.23. The van der Waals surface area contributed by atoms with Crippen molar-refractivity contribution in [1.82, 2.24) is 0 Å². The second kappa shape index (κ2) is 4.07. The van der Waals surface area contributed by atoms with Gasteiger partial charge in [-0.25, -0.2) is 0 Å². The van der Waals surface area contributed by atoms with Crippen molar-refractivity contribution in [2.75, 3.05) is 7.11 Å². The molecule has 0 spiro atoms. The zero-order chi connectivity index (χ0) is 9.78. The fourth-order valence-electron chi connectivity index (χ4n) is 0.876. The predicted molar refractivity (Wildman–Crippen MR) is 42.0 cm³/mol. The van der Waals surface area contributed by atoms with Crippen LogP contribution in [0.15, 0.2) is 0 Å². The Kier molecular flexibility index (Phi) is 3.71. The van der Waals surface area contributed by atoms with Crippen LogP contribution in [0.25, 0.3) is 0 Å². The molecule has 0 amide bonds. The van der Waals surface area contributed by atoms with E-state index in [9.17, 15) is 9.90 Å². The van der Waals surface area contributed by atoms with Crippen LogP contribution in [0.4, 0.5) is 0 Å². The maximum Gasteiger partial charge on any atom is 0.328 e. The van der Waals surface area contributed by atoms with Crippen molar-refractivity contribution in [2.45, 2.75) is 26.4 Å². The summed E-state index contributed by atoms with van der Waals surface area (Å²) in [5.41, 5.74) is -1.44. The number of aliphatic hydroxyl groups is 1. The van der Waals surface area contributed by atoms with Gasteiger partial charge in [0.2, 0.25) is 0 Å². The highest BCUT2D eigenvalue weighted by Crippen LogP contribution is 2.24. The maximum absolute atomic E-state index is 11.1. The highest BCUT2D eigenvalue weighted by Gasteiger charge is 2.41. The lowest BCUT2D eigenvalue weighted by molar-refractivity contribution is -0.154. The lowest BCUT2D eigenvalue weighted by atomic mass is 9.84. The minimum absolute atomic E-state index is 0.346. The standard InChI is InChI=1S/C8H13NO3/c1-4-6(10)8(2,5-9)7(11)12-3/h6,10H,4H2,1-3H3/t6-,8+/m1/s1. The molecule has 2 atom stereocenters. The van der Waals surface area contributed by atoms with Gasteiger partial charge in [-0.2, -0.15) is 5.26 Å². The van der Waals surface area contributed by atoms with E-state index in [4.69, 9.17) is 5.26 Å². The van der Waals surface area contributed by atoms with Crippen molar-refractivity contribution < 1.29 is 14.6 Å². The SMILES string of the molecule is CC[C@@H](O)[C@](C)(C#N)C(=O)OC. The lowest BCUT2D eigenvalue weighted by Crippen LogP contribution is -2.39. The Hall–Kier alpha value is -1.08. The molecule has 0 aromatic rings. The number of nitriles is 1. The van der Waals surface area contributed by atoms with Gasteiger partial charge >= 0.3 is 5.97 Å². The van der Waals surface area contributed by atoms with Crippen LogP contribution >= 0.6 is 0 Å². The van der Waals surface area contributed by atoms with Gasteiger partial charge in [0.15, 0.2) is 5.41 Å². The van der Waals surface area contributed by atoms with Crippen LogP contribution in [0, 0.1) is 16.7 Å². The number of aliphatic hydroxyl groups excluding tert-OH is 1. The molecule has 0 aromatic carbocycles. The number of rotatable bonds is 3. The Morgan fingerprint density at radius 1 is 1.83 bits per heavy atom. The van der Waals surface area contributed by atoms with E-state index < -0.39 is 17.5 Å². The quantitative estimate of drug-likeness (QED) is 0.626. The number of esters is 1. The molecular weight excluding hydrogens is 158 g/mol. The molecule has 4 nitrogen and oxygen atoms in total. The zero-order valence-electron chi connectivity index (χ0n) is 7.50. The number of hydrogen-bond acceptors (Lipinski definition) is 4. The van der Waals surface area contributed by atoms with Gasteiger partial charge in [-0.15, -0.1) is 0 Å². The van der Waals surface area contributed by atoms with Gasteiger partial charge in [-0.3, -0.25) is 4.79 Å². The first-order valence-corrected chi connectivity index (χ1v) is 3.70. The summed E-state index contributed by atoms with van der Waals surface area (Å²) in [6.45, 7) is 3.07. The molecule has 0 aliphatic heterocycles. The number of ether oxygens (including phenoxy) is 1. The topological polar surface area (TPSA) is 70.3 Å². The molecule has 0 radical (unpaired) electrons. The van der Waals surface area contributed by atoms with Crippen LogP contribution in [0.5, 0.6) is 0 Å². The molecule has 0 aliphatic rings. The fourth-order valence-corrected chi connectivity index (χ4v) is 0.876.